The lowest BCUT2D eigenvalue weighted by molar-refractivity contribution is -0.139. The first kappa shape index (κ1) is 14.8. The van der Waals surface area contributed by atoms with E-state index in [1.165, 1.54) is 0 Å². The molecule has 1 aliphatic heterocycles. The number of urea groups is 1. The molecule has 0 unspecified atom stereocenters. The lowest BCUT2D eigenvalue weighted by atomic mass is 10.0. The van der Waals surface area contributed by atoms with Crippen LogP contribution in [0.3, 0.4) is 0 Å². The van der Waals surface area contributed by atoms with Crippen LogP contribution in [0, 0.1) is 5.92 Å². The van der Waals surface area contributed by atoms with Gasteiger partial charge in [0.05, 0.1) is 0 Å². The van der Waals surface area contributed by atoms with E-state index in [9.17, 15) is 9.59 Å². The fourth-order valence-electron chi connectivity index (χ4n) is 2.40. The predicted octanol–water partition coefficient (Wildman–Crippen LogP) is 2.07. The lowest BCUT2D eigenvalue weighted by Gasteiger charge is -2.32. The standard InChI is InChI=1S/C13H24N2O3/c1-9(2)8-10(11(16)17)14-12(18)15-7-5-6-13(15,3)4/h9-10H,5-8H2,1-4H3,(H,14,18)(H,16,17)/t10-/m1/s1. The molecule has 1 heterocycles. The summed E-state index contributed by atoms with van der Waals surface area (Å²) in [7, 11) is 0. The molecule has 0 radical (unpaired) electrons. The Kier molecular flexibility index (Phi) is 4.59. The molecule has 0 aromatic heterocycles. The van der Waals surface area contributed by atoms with E-state index in [-0.39, 0.29) is 17.5 Å². The van der Waals surface area contributed by atoms with Crippen LogP contribution in [0.5, 0.6) is 0 Å². The van der Waals surface area contributed by atoms with E-state index in [0.29, 0.717) is 13.0 Å². The monoisotopic (exact) mass is 256 g/mol. The van der Waals surface area contributed by atoms with Crippen molar-refractivity contribution in [3.8, 4) is 0 Å². The highest BCUT2D eigenvalue weighted by molar-refractivity contribution is 5.83. The molecule has 2 amide bonds. The van der Waals surface area contributed by atoms with E-state index in [2.05, 4.69) is 5.32 Å². The van der Waals surface area contributed by atoms with Gasteiger partial charge in [0.15, 0.2) is 0 Å². The fraction of sp³-hybridized carbons (Fsp3) is 0.846. The number of carbonyl (C=O) groups excluding carboxylic acids is 1. The molecule has 1 atom stereocenters. The van der Waals surface area contributed by atoms with Crippen LogP contribution in [-0.2, 0) is 4.79 Å². The van der Waals surface area contributed by atoms with Gasteiger partial charge in [-0.2, -0.15) is 0 Å². The summed E-state index contributed by atoms with van der Waals surface area (Å²) in [5.41, 5.74) is -0.176. The van der Waals surface area contributed by atoms with E-state index in [1.807, 2.05) is 27.7 Å². The van der Waals surface area contributed by atoms with Gasteiger partial charge in [-0.05, 0) is 39.0 Å². The third-order valence-corrected chi connectivity index (χ3v) is 3.45. The van der Waals surface area contributed by atoms with E-state index in [4.69, 9.17) is 5.11 Å². The molecule has 0 aromatic rings. The number of aliphatic carboxylic acids is 1. The summed E-state index contributed by atoms with van der Waals surface area (Å²) in [6.07, 6.45) is 2.39. The number of carboxylic acid groups (broad SMARTS) is 1. The number of hydrogen-bond donors (Lipinski definition) is 2. The van der Waals surface area contributed by atoms with Crippen molar-refractivity contribution in [2.24, 2.45) is 5.92 Å². The second kappa shape index (κ2) is 5.59. The van der Waals surface area contributed by atoms with Gasteiger partial charge in [0.2, 0.25) is 0 Å². The van der Waals surface area contributed by atoms with E-state index in [1.54, 1.807) is 4.90 Å². The summed E-state index contributed by atoms with van der Waals surface area (Å²) in [4.78, 5) is 25.0. The minimum atomic E-state index is -0.964. The van der Waals surface area contributed by atoms with Crippen LogP contribution < -0.4 is 5.32 Å². The Balaban J connectivity index is 2.64. The molecule has 1 rings (SSSR count). The van der Waals surface area contributed by atoms with Gasteiger partial charge in [-0.25, -0.2) is 9.59 Å². The van der Waals surface area contributed by atoms with Gasteiger partial charge in [0.25, 0.3) is 0 Å². The minimum absolute atomic E-state index is 0.176. The quantitative estimate of drug-likeness (QED) is 0.809. The number of nitrogens with zero attached hydrogens (tertiary/aromatic N) is 1. The van der Waals surface area contributed by atoms with Crippen molar-refractivity contribution in [2.75, 3.05) is 6.54 Å². The molecule has 0 aromatic carbocycles. The molecule has 2 N–H and O–H groups in total. The van der Waals surface area contributed by atoms with Crippen molar-refractivity contribution in [3.63, 3.8) is 0 Å². The molecule has 1 aliphatic rings. The van der Waals surface area contributed by atoms with Crippen molar-refractivity contribution in [2.45, 2.75) is 58.5 Å². The van der Waals surface area contributed by atoms with E-state index in [0.717, 1.165) is 12.8 Å². The van der Waals surface area contributed by atoms with Gasteiger partial charge >= 0.3 is 12.0 Å². The van der Waals surface area contributed by atoms with Crippen LogP contribution in [-0.4, -0.2) is 40.1 Å². The highest BCUT2D eigenvalue weighted by Crippen LogP contribution is 2.28. The van der Waals surface area contributed by atoms with Crippen molar-refractivity contribution in [3.05, 3.63) is 0 Å². The number of carbonyl (C=O) groups is 2. The van der Waals surface area contributed by atoms with Crippen molar-refractivity contribution in [1.29, 1.82) is 0 Å². The molecule has 0 saturated carbocycles. The first-order valence-corrected chi connectivity index (χ1v) is 6.55. The van der Waals surface area contributed by atoms with Gasteiger partial charge in [-0.15, -0.1) is 0 Å². The Morgan fingerprint density at radius 1 is 1.39 bits per heavy atom. The van der Waals surface area contributed by atoms with Crippen LogP contribution in [0.4, 0.5) is 4.79 Å². The topological polar surface area (TPSA) is 69.6 Å². The van der Waals surface area contributed by atoms with Crippen LogP contribution in [0.15, 0.2) is 0 Å². The third kappa shape index (κ3) is 3.62. The maximum Gasteiger partial charge on any atom is 0.326 e. The first-order valence-electron chi connectivity index (χ1n) is 6.55. The van der Waals surface area contributed by atoms with Gasteiger partial charge in [0.1, 0.15) is 6.04 Å². The second-order valence-electron chi connectivity index (χ2n) is 6.04. The molecule has 0 aliphatic carbocycles. The van der Waals surface area contributed by atoms with Crippen LogP contribution in [0.2, 0.25) is 0 Å². The summed E-state index contributed by atoms with van der Waals surface area (Å²) >= 11 is 0. The highest BCUT2D eigenvalue weighted by atomic mass is 16.4. The second-order valence-corrected chi connectivity index (χ2v) is 6.04. The summed E-state index contributed by atoms with van der Waals surface area (Å²) in [6, 6.07) is -1.06. The number of nitrogens with one attached hydrogen (secondary N) is 1. The molecule has 0 bridgehead atoms. The Morgan fingerprint density at radius 3 is 2.39 bits per heavy atom. The highest BCUT2D eigenvalue weighted by Gasteiger charge is 2.36. The molecule has 5 heteroatoms. The molecule has 104 valence electrons. The van der Waals surface area contributed by atoms with E-state index >= 15 is 0 Å². The predicted molar refractivity (Wildman–Crippen MR) is 69.4 cm³/mol. The van der Waals surface area contributed by atoms with Gasteiger partial charge in [-0.1, -0.05) is 13.8 Å². The third-order valence-electron chi connectivity index (χ3n) is 3.45. The molecule has 1 fully saturated rings. The zero-order chi connectivity index (χ0) is 13.9. The van der Waals surface area contributed by atoms with Crippen molar-refractivity contribution in [1.82, 2.24) is 10.2 Å². The van der Waals surface area contributed by atoms with Crippen molar-refractivity contribution < 1.29 is 14.7 Å². The van der Waals surface area contributed by atoms with Crippen LogP contribution in [0.1, 0.15) is 47.0 Å². The van der Waals surface area contributed by atoms with Crippen molar-refractivity contribution >= 4 is 12.0 Å². The Morgan fingerprint density at radius 2 is 2.00 bits per heavy atom. The largest absolute Gasteiger partial charge is 0.480 e. The van der Waals surface area contributed by atoms with Gasteiger partial charge in [-0.3, -0.25) is 0 Å². The number of amides is 2. The zero-order valence-corrected chi connectivity index (χ0v) is 11.7. The molecular formula is C13H24N2O3. The number of carboxylic acids is 1. The Hall–Kier alpha value is -1.26. The molecule has 18 heavy (non-hydrogen) atoms. The van der Waals surface area contributed by atoms with E-state index < -0.39 is 12.0 Å². The van der Waals surface area contributed by atoms with Gasteiger partial charge < -0.3 is 15.3 Å². The van der Waals surface area contributed by atoms with Crippen LogP contribution in [0.25, 0.3) is 0 Å². The average molecular weight is 256 g/mol. The zero-order valence-electron chi connectivity index (χ0n) is 11.7. The van der Waals surface area contributed by atoms with Gasteiger partial charge in [0, 0.05) is 12.1 Å². The van der Waals surface area contributed by atoms with Crippen LogP contribution >= 0.6 is 0 Å². The summed E-state index contributed by atoms with van der Waals surface area (Å²) in [5.74, 6) is -0.730. The minimum Gasteiger partial charge on any atom is -0.480 e. The fourth-order valence-corrected chi connectivity index (χ4v) is 2.40. The molecule has 5 nitrogen and oxygen atoms in total. The number of likely N-dealkylation sites (tertiary alicyclic amines) is 1. The first-order chi connectivity index (χ1) is 8.24. The molecule has 0 spiro atoms. The SMILES string of the molecule is CC(C)C[C@@H](NC(=O)N1CCCC1(C)C)C(=O)O. The molecular weight excluding hydrogens is 232 g/mol. The summed E-state index contributed by atoms with van der Waals surface area (Å²) in [6.45, 7) is 8.62. The maximum absolute atomic E-state index is 12.1. The number of hydrogen-bond acceptors (Lipinski definition) is 2. The summed E-state index contributed by atoms with van der Waals surface area (Å²) < 4.78 is 0. The Labute approximate surface area is 109 Å². The summed E-state index contributed by atoms with van der Waals surface area (Å²) in [5, 5.41) is 11.7. The number of rotatable bonds is 4. The molecule has 1 saturated heterocycles. The normalized spacial score (nSPS) is 19.9. The maximum atomic E-state index is 12.1. The average Bonchev–Trinajstić information content (AvgIpc) is 2.56. The Bertz CT molecular complexity index is 326. The smallest absolute Gasteiger partial charge is 0.326 e. The lowest BCUT2D eigenvalue weighted by Crippen LogP contribution is -2.52.